The summed E-state index contributed by atoms with van der Waals surface area (Å²) in [5.74, 6) is 1.80. The van der Waals surface area contributed by atoms with E-state index in [0.717, 1.165) is 81.2 Å². The first-order valence-corrected chi connectivity index (χ1v) is 13.5. The Morgan fingerprint density at radius 1 is 0.875 bits per heavy atom. The van der Waals surface area contributed by atoms with Gasteiger partial charge in [-0.05, 0) is 65.4 Å². The van der Waals surface area contributed by atoms with Crippen molar-refractivity contribution in [2.45, 2.75) is 32.2 Å². The van der Waals surface area contributed by atoms with Crippen LogP contribution in [0.25, 0.3) is 32.7 Å². The molecule has 2 aromatic heterocycles. The highest BCUT2D eigenvalue weighted by Gasteiger charge is 2.18. The quantitative estimate of drug-likeness (QED) is 0.222. The Bertz CT molecular complexity index is 1860. The second-order valence-electron chi connectivity index (χ2n) is 10.1. The number of unbranched alkanes of at least 4 members (excludes halogenated alkanes) is 1. The van der Waals surface area contributed by atoms with Crippen molar-refractivity contribution in [2.75, 3.05) is 12.8 Å². The van der Waals surface area contributed by atoms with E-state index in [9.17, 15) is 4.79 Å². The SMILES string of the molecule is COc1ccc(Cc2nc3c(N)nc4ccccc4c3n2CCCCc2c(C(N)=O)ccc3ccccc23)cc1. The Morgan fingerprint density at radius 2 is 1.62 bits per heavy atom. The number of nitrogen functional groups attached to an aromatic ring is 1. The third kappa shape index (κ3) is 4.71. The summed E-state index contributed by atoms with van der Waals surface area (Å²) in [6.45, 7) is 0.756. The number of amides is 1. The molecule has 0 fully saturated rings. The molecule has 2 heterocycles. The van der Waals surface area contributed by atoms with E-state index in [2.05, 4.69) is 39.9 Å². The van der Waals surface area contributed by atoms with Crippen LogP contribution in [0.5, 0.6) is 5.75 Å². The summed E-state index contributed by atoms with van der Waals surface area (Å²) in [5, 5.41) is 3.22. The number of carbonyl (C=O) groups excluding carboxylic acids is 1. The average Bonchev–Trinajstić information content (AvgIpc) is 3.34. The smallest absolute Gasteiger partial charge is 0.248 e. The Kier molecular flexibility index (Phi) is 6.78. The fourth-order valence-corrected chi connectivity index (χ4v) is 5.61. The molecule has 0 radical (unpaired) electrons. The van der Waals surface area contributed by atoms with Crippen LogP contribution >= 0.6 is 0 Å². The van der Waals surface area contributed by atoms with Gasteiger partial charge in [0.15, 0.2) is 5.82 Å². The number of para-hydroxylation sites is 1. The van der Waals surface area contributed by atoms with Crippen molar-refractivity contribution >= 4 is 44.4 Å². The van der Waals surface area contributed by atoms with Gasteiger partial charge in [-0.15, -0.1) is 0 Å². The summed E-state index contributed by atoms with van der Waals surface area (Å²) < 4.78 is 7.62. The summed E-state index contributed by atoms with van der Waals surface area (Å²) in [5.41, 5.74) is 17.5. The molecular formula is C33H31N5O2. The minimum Gasteiger partial charge on any atom is -0.497 e. The predicted octanol–water partition coefficient (Wildman–Crippen LogP) is 6.04. The first kappa shape index (κ1) is 25.4. The average molecular weight is 530 g/mol. The monoisotopic (exact) mass is 529 g/mol. The van der Waals surface area contributed by atoms with Crippen molar-refractivity contribution in [1.82, 2.24) is 14.5 Å². The summed E-state index contributed by atoms with van der Waals surface area (Å²) in [6, 6.07) is 28.1. The van der Waals surface area contributed by atoms with Gasteiger partial charge in [-0.3, -0.25) is 4.79 Å². The van der Waals surface area contributed by atoms with Crippen molar-refractivity contribution in [2.24, 2.45) is 5.73 Å². The molecule has 0 saturated heterocycles. The zero-order valence-electron chi connectivity index (χ0n) is 22.4. The molecule has 0 aliphatic heterocycles. The molecule has 6 aromatic rings. The molecule has 0 aliphatic rings. The third-order valence-electron chi connectivity index (χ3n) is 7.58. The van der Waals surface area contributed by atoms with Crippen molar-refractivity contribution in [3.8, 4) is 5.75 Å². The van der Waals surface area contributed by atoms with Crippen LogP contribution in [0.1, 0.15) is 40.2 Å². The number of primary amides is 1. The second kappa shape index (κ2) is 10.7. The van der Waals surface area contributed by atoms with Crippen molar-refractivity contribution < 1.29 is 9.53 Å². The van der Waals surface area contributed by atoms with Crippen LogP contribution < -0.4 is 16.2 Å². The number of hydrogen-bond donors (Lipinski definition) is 2. The van der Waals surface area contributed by atoms with Gasteiger partial charge < -0.3 is 20.8 Å². The van der Waals surface area contributed by atoms with Crippen LogP contribution in [0.4, 0.5) is 5.82 Å². The van der Waals surface area contributed by atoms with Gasteiger partial charge in [-0.2, -0.15) is 0 Å². The Morgan fingerprint density at radius 3 is 2.40 bits per heavy atom. The Balaban J connectivity index is 1.34. The van der Waals surface area contributed by atoms with Gasteiger partial charge >= 0.3 is 0 Å². The van der Waals surface area contributed by atoms with Gasteiger partial charge in [-0.1, -0.05) is 60.7 Å². The lowest BCUT2D eigenvalue weighted by atomic mass is 9.94. The highest BCUT2D eigenvalue weighted by molar-refractivity contribution is 6.06. The molecule has 0 atom stereocenters. The maximum Gasteiger partial charge on any atom is 0.248 e. The summed E-state index contributed by atoms with van der Waals surface area (Å²) in [6.07, 6.45) is 3.18. The lowest BCUT2D eigenvalue weighted by molar-refractivity contribution is 0.0999. The van der Waals surface area contributed by atoms with Gasteiger partial charge in [-0.25, -0.2) is 9.97 Å². The fourth-order valence-electron chi connectivity index (χ4n) is 5.61. The van der Waals surface area contributed by atoms with E-state index < -0.39 is 5.91 Å². The predicted molar refractivity (Wildman–Crippen MR) is 161 cm³/mol. The van der Waals surface area contributed by atoms with Gasteiger partial charge in [0.05, 0.1) is 18.1 Å². The first-order chi connectivity index (χ1) is 19.5. The van der Waals surface area contributed by atoms with Gasteiger partial charge in [0, 0.05) is 23.9 Å². The van der Waals surface area contributed by atoms with E-state index in [1.165, 1.54) is 0 Å². The zero-order chi connectivity index (χ0) is 27.6. The summed E-state index contributed by atoms with van der Waals surface area (Å²) in [4.78, 5) is 21.8. The van der Waals surface area contributed by atoms with E-state index in [0.29, 0.717) is 17.8 Å². The largest absolute Gasteiger partial charge is 0.497 e. The van der Waals surface area contributed by atoms with Crippen LogP contribution in [0.15, 0.2) is 84.9 Å². The molecule has 4 N–H and O–H groups in total. The molecule has 0 saturated carbocycles. The Hall–Kier alpha value is -4.91. The third-order valence-corrected chi connectivity index (χ3v) is 7.58. The highest BCUT2D eigenvalue weighted by atomic mass is 16.5. The van der Waals surface area contributed by atoms with Gasteiger partial charge in [0.25, 0.3) is 0 Å². The van der Waals surface area contributed by atoms with E-state index in [1.54, 1.807) is 7.11 Å². The molecule has 4 aromatic carbocycles. The molecule has 0 unspecified atom stereocenters. The number of imidazole rings is 1. The number of pyridine rings is 1. The van der Waals surface area contributed by atoms with E-state index in [1.807, 2.05) is 54.6 Å². The second-order valence-corrected chi connectivity index (χ2v) is 10.1. The number of fused-ring (bicyclic) bond motifs is 4. The zero-order valence-corrected chi connectivity index (χ0v) is 22.4. The normalized spacial score (nSPS) is 11.4. The molecule has 0 bridgehead atoms. The molecular weight excluding hydrogens is 498 g/mol. The number of aromatic nitrogens is 3. The standard InChI is InChI=1S/C33H31N5O2/c1-40-23-16-13-21(14-17-23)20-29-37-30-31(27-11-4-5-12-28(27)36-32(30)34)38(29)19-7-6-10-25-24-9-3-2-8-22(24)15-18-26(25)33(35)39/h2-5,8-9,11-18H,6-7,10,19-20H2,1H3,(H2,34,36)(H2,35,39). The highest BCUT2D eigenvalue weighted by Crippen LogP contribution is 2.31. The molecule has 7 heteroatoms. The number of anilines is 1. The topological polar surface area (TPSA) is 109 Å². The number of hydrogen-bond acceptors (Lipinski definition) is 5. The van der Waals surface area contributed by atoms with Crippen molar-refractivity contribution in [3.05, 3.63) is 107 Å². The van der Waals surface area contributed by atoms with E-state index in [4.69, 9.17) is 21.2 Å². The molecule has 0 spiro atoms. The molecule has 6 rings (SSSR count). The molecule has 7 nitrogen and oxygen atoms in total. The number of aryl methyl sites for hydroxylation is 2. The first-order valence-electron chi connectivity index (χ1n) is 13.5. The number of rotatable bonds is 9. The number of benzene rings is 4. The number of ether oxygens (including phenoxy) is 1. The minimum atomic E-state index is -0.391. The molecule has 1 amide bonds. The van der Waals surface area contributed by atoms with Gasteiger partial charge in [0.1, 0.15) is 17.1 Å². The van der Waals surface area contributed by atoms with E-state index in [-0.39, 0.29) is 0 Å². The van der Waals surface area contributed by atoms with Crippen molar-refractivity contribution in [1.29, 1.82) is 0 Å². The van der Waals surface area contributed by atoms with Crippen LogP contribution in [-0.4, -0.2) is 27.6 Å². The number of methoxy groups -OCH3 is 1. The molecule has 200 valence electrons. The number of carbonyl (C=O) groups is 1. The number of nitrogens with zero attached hydrogens (tertiary/aromatic N) is 3. The summed E-state index contributed by atoms with van der Waals surface area (Å²) >= 11 is 0. The fraction of sp³-hybridized carbons (Fsp3) is 0.182. The Labute approximate surface area is 232 Å². The number of nitrogens with two attached hydrogens (primary N) is 2. The van der Waals surface area contributed by atoms with E-state index >= 15 is 0 Å². The minimum absolute atomic E-state index is 0.391. The van der Waals surface area contributed by atoms with Crippen molar-refractivity contribution in [3.63, 3.8) is 0 Å². The van der Waals surface area contributed by atoms with Crippen LogP contribution in [0, 0.1) is 0 Å². The molecule has 40 heavy (non-hydrogen) atoms. The lowest BCUT2D eigenvalue weighted by Crippen LogP contribution is -2.14. The maximum absolute atomic E-state index is 12.2. The molecule has 0 aliphatic carbocycles. The lowest BCUT2D eigenvalue weighted by Gasteiger charge is -2.13. The maximum atomic E-state index is 12.2. The van der Waals surface area contributed by atoms with Gasteiger partial charge in [0.2, 0.25) is 5.91 Å². The van der Waals surface area contributed by atoms with Crippen LogP contribution in [0.2, 0.25) is 0 Å². The van der Waals surface area contributed by atoms with Crippen LogP contribution in [-0.2, 0) is 19.4 Å². The van der Waals surface area contributed by atoms with Crippen LogP contribution in [0.3, 0.4) is 0 Å². The summed E-state index contributed by atoms with van der Waals surface area (Å²) in [7, 11) is 1.67.